The second-order valence-corrected chi connectivity index (χ2v) is 5.08. The highest BCUT2D eigenvalue weighted by Crippen LogP contribution is 2.43. The average Bonchev–Trinajstić information content (AvgIpc) is 2.30. The van der Waals surface area contributed by atoms with Gasteiger partial charge in [0.1, 0.15) is 0 Å². The number of hydrogen-bond acceptors (Lipinski definition) is 1. The SMILES string of the molecule is C[C@@H]1c2ccccc2N[C@@H]2CCCC[C@H]12. The summed E-state index contributed by atoms with van der Waals surface area (Å²) in [5.74, 6) is 1.61. The Morgan fingerprint density at radius 3 is 2.87 bits per heavy atom. The van der Waals surface area contributed by atoms with Gasteiger partial charge in [-0.2, -0.15) is 0 Å². The molecule has 0 radical (unpaired) electrons. The second-order valence-electron chi connectivity index (χ2n) is 5.08. The molecule has 0 spiro atoms. The Hall–Kier alpha value is -0.980. The zero-order valence-corrected chi connectivity index (χ0v) is 9.37. The Morgan fingerprint density at radius 1 is 1.13 bits per heavy atom. The Labute approximate surface area is 91.9 Å². The van der Waals surface area contributed by atoms with Crippen molar-refractivity contribution in [3.8, 4) is 0 Å². The van der Waals surface area contributed by atoms with Crippen LogP contribution in [0.2, 0.25) is 0 Å². The lowest BCUT2D eigenvalue weighted by Crippen LogP contribution is -2.39. The molecule has 1 fully saturated rings. The third kappa shape index (κ3) is 1.45. The highest BCUT2D eigenvalue weighted by Gasteiger charge is 2.34. The van der Waals surface area contributed by atoms with E-state index in [1.54, 1.807) is 0 Å². The van der Waals surface area contributed by atoms with Crippen LogP contribution >= 0.6 is 0 Å². The molecule has 1 aliphatic heterocycles. The van der Waals surface area contributed by atoms with E-state index in [-0.39, 0.29) is 0 Å². The summed E-state index contributed by atoms with van der Waals surface area (Å²) in [4.78, 5) is 0. The van der Waals surface area contributed by atoms with Gasteiger partial charge in [0.25, 0.3) is 0 Å². The van der Waals surface area contributed by atoms with Gasteiger partial charge in [-0.15, -0.1) is 0 Å². The van der Waals surface area contributed by atoms with E-state index in [9.17, 15) is 0 Å². The Morgan fingerprint density at radius 2 is 1.93 bits per heavy atom. The smallest absolute Gasteiger partial charge is 0.0377 e. The number of rotatable bonds is 0. The molecule has 2 aliphatic rings. The summed E-state index contributed by atoms with van der Waals surface area (Å²) in [5, 5.41) is 3.73. The molecule has 1 aromatic carbocycles. The predicted octanol–water partition coefficient (Wildman–Crippen LogP) is 3.77. The van der Waals surface area contributed by atoms with Crippen LogP contribution in [0.3, 0.4) is 0 Å². The number of hydrogen-bond donors (Lipinski definition) is 1. The molecular formula is C14H19N. The molecule has 0 amide bonds. The molecule has 0 aromatic heterocycles. The average molecular weight is 201 g/mol. The molecule has 1 aliphatic carbocycles. The van der Waals surface area contributed by atoms with Gasteiger partial charge in [0.2, 0.25) is 0 Å². The first-order valence-electron chi connectivity index (χ1n) is 6.22. The lowest BCUT2D eigenvalue weighted by atomic mass is 9.72. The first-order chi connectivity index (χ1) is 7.36. The fraction of sp³-hybridized carbons (Fsp3) is 0.571. The van der Waals surface area contributed by atoms with Gasteiger partial charge in [0, 0.05) is 11.7 Å². The summed E-state index contributed by atoms with van der Waals surface area (Å²) in [7, 11) is 0. The van der Waals surface area contributed by atoms with Crippen molar-refractivity contribution in [3.63, 3.8) is 0 Å². The van der Waals surface area contributed by atoms with E-state index in [0.29, 0.717) is 0 Å². The lowest BCUT2D eigenvalue weighted by molar-refractivity contribution is 0.278. The first kappa shape index (κ1) is 9.26. The molecule has 1 N–H and O–H groups in total. The van der Waals surface area contributed by atoms with Crippen LogP contribution in [0, 0.1) is 5.92 Å². The summed E-state index contributed by atoms with van der Waals surface area (Å²) in [6.45, 7) is 2.41. The highest BCUT2D eigenvalue weighted by atomic mass is 14.9. The normalized spacial score (nSPS) is 33.8. The van der Waals surface area contributed by atoms with Crippen LogP contribution < -0.4 is 5.32 Å². The molecule has 1 aromatic rings. The summed E-state index contributed by atoms with van der Waals surface area (Å²) in [6, 6.07) is 9.57. The lowest BCUT2D eigenvalue weighted by Gasteiger charge is -2.42. The minimum absolute atomic E-state index is 0.739. The maximum absolute atomic E-state index is 3.73. The van der Waals surface area contributed by atoms with Crippen LogP contribution in [0.1, 0.15) is 44.1 Å². The van der Waals surface area contributed by atoms with E-state index in [4.69, 9.17) is 0 Å². The first-order valence-corrected chi connectivity index (χ1v) is 6.22. The standard InChI is InChI=1S/C14H19N/c1-10-11-6-2-4-8-13(11)15-14-9-5-3-7-12(10)14/h2,4,6,8,10,12,14-15H,3,5,7,9H2,1H3/t10-,12-,14-/m1/s1. The molecule has 1 heteroatoms. The summed E-state index contributed by atoms with van der Waals surface area (Å²) in [5.41, 5.74) is 2.91. The molecular weight excluding hydrogens is 182 g/mol. The van der Waals surface area contributed by atoms with Crippen molar-refractivity contribution in [2.45, 2.75) is 44.6 Å². The predicted molar refractivity (Wildman–Crippen MR) is 64.2 cm³/mol. The summed E-state index contributed by atoms with van der Waals surface area (Å²) >= 11 is 0. The van der Waals surface area contributed by atoms with Gasteiger partial charge in [-0.1, -0.05) is 38.0 Å². The Kier molecular flexibility index (Phi) is 2.19. The van der Waals surface area contributed by atoms with Gasteiger partial charge in [-0.05, 0) is 36.3 Å². The highest BCUT2D eigenvalue weighted by molar-refractivity contribution is 5.56. The zero-order chi connectivity index (χ0) is 10.3. The minimum atomic E-state index is 0.739. The van der Waals surface area contributed by atoms with E-state index in [1.807, 2.05) is 0 Å². The number of fused-ring (bicyclic) bond motifs is 2. The minimum Gasteiger partial charge on any atom is -0.382 e. The maximum Gasteiger partial charge on any atom is 0.0377 e. The van der Waals surface area contributed by atoms with Gasteiger partial charge in [-0.3, -0.25) is 0 Å². The molecule has 1 saturated carbocycles. The molecule has 0 bridgehead atoms. The number of anilines is 1. The van der Waals surface area contributed by atoms with Gasteiger partial charge in [0.15, 0.2) is 0 Å². The van der Waals surface area contributed by atoms with Crippen LogP contribution in [0.15, 0.2) is 24.3 Å². The fourth-order valence-corrected chi connectivity index (χ4v) is 3.39. The Balaban J connectivity index is 1.98. The monoisotopic (exact) mass is 201 g/mol. The van der Waals surface area contributed by atoms with Crippen LogP contribution in [0.25, 0.3) is 0 Å². The second kappa shape index (κ2) is 3.55. The topological polar surface area (TPSA) is 12.0 Å². The van der Waals surface area contributed by atoms with Crippen molar-refractivity contribution in [3.05, 3.63) is 29.8 Å². The van der Waals surface area contributed by atoms with Gasteiger partial charge < -0.3 is 5.32 Å². The molecule has 3 atom stereocenters. The largest absolute Gasteiger partial charge is 0.382 e. The zero-order valence-electron chi connectivity index (χ0n) is 9.37. The van der Waals surface area contributed by atoms with E-state index in [2.05, 4.69) is 36.5 Å². The molecule has 0 unspecified atom stereocenters. The van der Waals surface area contributed by atoms with Crippen LogP contribution in [0.5, 0.6) is 0 Å². The number of nitrogens with one attached hydrogen (secondary N) is 1. The third-order valence-electron chi connectivity index (χ3n) is 4.25. The molecule has 0 saturated heterocycles. The third-order valence-corrected chi connectivity index (χ3v) is 4.25. The molecule has 15 heavy (non-hydrogen) atoms. The van der Waals surface area contributed by atoms with Crippen LogP contribution in [0.4, 0.5) is 5.69 Å². The van der Waals surface area contributed by atoms with Crippen molar-refractivity contribution in [1.82, 2.24) is 0 Å². The molecule has 3 rings (SSSR count). The number of para-hydroxylation sites is 1. The van der Waals surface area contributed by atoms with Crippen molar-refractivity contribution in [2.75, 3.05) is 5.32 Å². The quantitative estimate of drug-likeness (QED) is 0.673. The molecule has 1 heterocycles. The molecule has 1 nitrogen and oxygen atoms in total. The van der Waals surface area contributed by atoms with E-state index < -0.39 is 0 Å². The number of benzene rings is 1. The van der Waals surface area contributed by atoms with Crippen molar-refractivity contribution in [2.24, 2.45) is 5.92 Å². The fourth-order valence-electron chi connectivity index (χ4n) is 3.39. The Bertz CT molecular complexity index is 358. The van der Waals surface area contributed by atoms with Crippen molar-refractivity contribution >= 4 is 5.69 Å². The maximum atomic E-state index is 3.73. The summed E-state index contributed by atoms with van der Waals surface area (Å²) < 4.78 is 0. The van der Waals surface area contributed by atoms with Crippen molar-refractivity contribution < 1.29 is 0 Å². The van der Waals surface area contributed by atoms with E-state index in [0.717, 1.165) is 17.9 Å². The van der Waals surface area contributed by atoms with Crippen molar-refractivity contribution in [1.29, 1.82) is 0 Å². The summed E-state index contributed by atoms with van der Waals surface area (Å²) in [6.07, 6.45) is 5.61. The molecule has 80 valence electrons. The van der Waals surface area contributed by atoms with Crippen LogP contribution in [-0.2, 0) is 0 Å². The van der Waals surface area contributed by atoms with E-state index >= 15 is 0 Å². The van der Waals surface area contributed by atoms with Gasteiger partial charge in [-0.25, -0.2) is 0 Å². The van der Waals surface area contributed by atoms with Gasteiger partial charge in [0.05, 0.1) is 0 Å². The van der Waals surface area contributed by atoms with Crippen LogP contribution in [-0.4, -0.2) is 6.04 Å². The van der Waals surface area contributed by atoms with Gasteiger partial charge >= 0.3 is 0 Å². The van der Waals surface area contributed by atoms with E-state index in [1.165, 1.54) is 36.9 Å².